The van der Waals surface area contributed by atoms with E-state index in [0.29, 0.717) is 15.0 Å². The van der Waals surface area contributed by atoms with Gasteiger partial charge in [-0.2, -0.15) is 198 Å². The van der Waals surface area contributed by atoms with Crippen LogP contribution in [0, 0.1) is 0 Å². The van der Waals surface area contributed by atoms with Crippen LogP contribution < -0.4 is 0 Å². The Labute approximate surface area is 403 Å². The van der Waals surface area contributed by atoms with Gasteiger partial charge in [0.05, 0.1) is 0 Å². The Hall–Kier alpha value is -4.38. The molecule has 4 rings (SSSR count). The van der Waals surface area contributed by atoms with Crippen LogP contribution >= 0.6 is 0 Å². The minimum Gasteiger partial charge on any atom is -0.267 e. The number of hydrogen-bond donors (Lipinski definition) is 0. The molecule has 0 bridgehead atoms. The van der Waals surface area contributed by atoms with E-state index in [-0.39, 0.29) is 0 Å². The number of halogens is 45. The smallest absolute Gasteiger partial charge is 0.267 e. The molecule has 1 aromatic rings. The molecule has 81 heavy (non-hydrogen) atoms. The lowest BCUT2D eigenvalue weighted by atomic mass is 10.2. The monoisotopic (exact) mass is 1320 g/mol. The Morgan fingerprint density at radius 1 is 0.222 bits per heavy atom. The zero-order chi connectivity index (χ0) is 65.1. The third-order valence-electron chi connectivity index (χ3n) is 9.82. The van der Waals surface area contributed by atoms with Crippen molar-refractivity contribution in [1.82, 2.24) is 15.0 Å². The Morgan fingerprint density at radius 2 is 0.358 bits per heavy atom. The Bertz CT molecular complexity index is 2280. The summed E-state index contributed by atoms with van der Waals surface area (Å²) in [4.78, 5) is 1.37. The second-order valence-corrected chi connectivity index (χ2v) is 15.3. The van der Waals surface area contributed by atoms with Crippen molar-refractivity contribution < 1.29 is 226 Å². The van der Waals surface area contributed by atoms with Crippen molar-refractivity contribution in [2.24, 2.45) is 0 Å². The van der Waals surface area contributed by atoms with E-state index in [9.17, 15) is 171 Å². The lowest BCUT2D eigenvalue weighted by molar-refractivity contribution is -0.533. The molecule has 3 fully saturated rings. The summed E-state index contributed by atoms with van der Waals surface area (Å²) in [5.41, 5.74) is 0. The fourth-order valence-electron chi connectivity index (χ4n) is 4.96. The van der Waals surface area contributed by atoms with Gasteiger partial charge < -0.3 is 0 Å². The first-order valence-electron chi connectivity index (χ1n) is 17.5. The second kappa shape index (κ2) is 16.9. The quantitative estimate of drug-likeness (QED) is 0.112. The van der Waals surface area contributed by atoms with Crippen molar-refractivity contribution in [2.45, 2.75) is 144 Å². The van der Waals surface area contributed by atoms with Crippen molar-refractivity contribution >= 4 is 0 Å². The number of hydrogen-bond acceptors (Lipinski definition) is 9. The van der Waals surface area contributed by atoms with Crippen LogP contribution in [0.4, 0.5) is 198 Å². The first-order valence-corrected chi connectivity index (χ1v) is 17.5. The van der Waals surface area contributed by atoms with Crippen LogP contribution in [0.2, 0.25) is 0 Å². The summed E-state index contributed by atoms with van der Waals surface area (Å²) in [5, 5.41) is 0. The van der Waals surface area contributed by atoms with Crippen LogP contribution in [-0.2, 0) is 46.2 Å². The molecular weight excluding hydrogens is 1320 g/mol. The predicted octanol–water partition coefficient (Wildman–Crippen LogP) is 13.3. The third-order valence-corrected chi connectivity index (χ3v) is 9.82. The van der Waals surface area contributed by atoms with Gasteiger partial charge in [0.15, 0.2) is 0 Å². The molecule has 0 N–H and O–H groups in total. The molecule has 3 saturated carbocycles. The summed E-state index contributed by atoms with van der Waals surface area (Å²) < 4.78 is 638. The SMILES string of the molecule is FC(F)(F)C(F)(OC(F)(F)C(F)(F)c1nc(C(F)(F)C(F)(F)OC(F)(C(F)(F)F)C(F)(F)OC2(F)C(F)(F)C2(F)F)nc(C(F)(F)C(F)(F)OC(F)(C(F)(F)F)C(F)(F)OC2(F)C(F)(F)C2(F)F)n1)C(F)(F)OC1(F)C(F)(F)C1(F)F. The van der Waals surface area contributed by atoms with E-state index in [1.807, 2.05) is 0 Å². The van der Waals surface area contributed by atoms with Gasteiger partial charge in [0.25, 0.3) is 0 Å². The number of ether oxygens (including phenoxy) is 6. The predicted molar refractivity (Wildman–Crippen MR) is 139 cm³/mol. The van der Waals surface area contributed by atoms with Gasteiger partial charge in [-0.05, 0) is 0 Å². The highest BCUT2D eigenvalue weighted by Gasteiger charge is 3.06. The summed E-state index contributed by atoms with van der Waals surface area (Å²) >= 11 is 0. The minimum atomic E-state index is -9.08. The molecule has 0 aliphatic heterocycles. The summed E-state index contributed by atoms with van der Waals surface area (Å²) in [6.45, 7) is 0. The number of aromatic nitrogens is 3. The van der Waals surface area contributed by atoms with Crippen LogP contribution in [-0.4, -0.2) is 141 Å². The fraction of sp³-hybridized carbons (Fsp3) is 0.889. The molecule has 0 spiro atoms. The van der Waals surface area contributed by atoms with E-state index in [0.717, 1.165) is 14.2 Å². The first kappa shape index (κ1) is 69.1. The molecule has 3 atom stereocenters. The van der Waals surface area contributed by atoms with Gasteiger partial charge in [0, 0.05) is 0 Å². The Morgan fingerprint density at radius 3 is 0.469 bits per heavy atom. The third kappa shape index (κ3) is 8.65. The second-order valence-electron chi connectivity index (χ2n) is 15.3. The van der Waals surface area contributed by atoms with Crippen molar-refractivity contribution in [2.75, 3.05) is 0 Å². The normalized spacial score (nSPS) is 24.9. The first-order chi connectivity index (χ1) is 34.6. The average Bonchev–Trinajstić information content (AvgIpc) is 3.82. The van der Waals surface area contributed by atoms with Crippen LogP contribution in [0.25, 0.3) is 0 Å². The summed E-state index contributed by atoms with van der Waals surface area (Å²) in [6.07, 6.45) is -79.7. The van der Waals surface area contributed by atoms with Gasteiger partial charge >= 0.3 is 144 Å². The van der Waals surface area contributed by atoms with Crippen LogP contribution in [0.3, 0.4) is 0 Å². The number of nitrogens with zero attached hydrogens (tertiary/aromatic N) is 3. The molecule has 0 saturated heterocycles. The molecule has 3 unspecified atom stereocenters. The molecule has 0 aromatic carbocycles. The molecule has 1 heterocycles. The van der Waals surface area contributed by atoms with Crippen molar-refractivity contribution in [1.29, 1.82) is 0 Å². The average molecular weight is 1320 g/mol. The topological polar surface area (TPSA) is 94.1 Å². The largest absolute Gasteiger partial charge is 0.458 e. The van der Waals surface area contributed by atoms with E-state index in [1.165, 1.54) is 14.2 Å². The minimum absolute atomic E-state index is 0.455. The van der Waals surface area contributed by atoms with Crippen LogP contribution in [0.5, 0.6) is 0 Å². The molecule has 0 amide bonds. The lowest BCUT2D eigenvalue weighted by Crippen LogP contribution is -2.64. The van der Waals surface area contributed by atoms with E-state index in [2.05, 4.69) is 0 Å². The van der Waals surface area contributed by atoms with Gasteiger partial charge in [-0.3, -0.25) is 28.4 Å². The highest BCUT2D eigenvalue weighted by Crippen LogP contribution is 2.74. The zero-order valence-electron chi connectivity index (χ0n) is 34.3. The van der Waals surface area contributed by atoms with Crippen molar-refractivity contribution in [3.63, 3.8) is 0 Å². The Balaban J connectivity index is 2.06. The molecule has 474 valence electrons. The summed E-state index contributed by atoms with van der Waals surface area (Å²) in [6, 6.07) is 0. The molecule has 3 aliphatic carbocycles. The standard InChI is InChI=1S/C27F45N3O6/c28-4(29,22(61,62)79-16(49,19(52,53)54)25(67,68)76-13(46)7(34,35)8(13,36)37)1-73-2(5(30,31)23(63,64)80-17(50,20(55,56)57)26(69,70)77-14(47)9(38,39)10(14,40)41)75-3(74-1)6(32,33)24(65,66)81-18(51,21(58,59)60)27(71,72)78-15(48)11(42,43)12(15,44)45. The van der Waals surface area contributed by atoms with Crippen LogP contribution in [0.15, 0.2) is 0 Å². The van der Waals surface area contributed by atoms with E-state index in [1.54, 1.807) is 0 Å². The fourth-order valence-corrected chi connectivity index (χ4v) is 4.96. The van der Waals surface area contributed by atoms with Gasteiger partial charge in [0.1, 0.15) is 0 Å². The van der Waals surface area contributed by atoms with Gasteiger partial charge in [-0.15, -0.1) is 0 Å². The Kier molecular flexibility index (Phi) is 14.5. The molecule has 0 radical (unpaired) electrons. The maximum atomic E-state index is 15.3. The van der Waals surface area contributed by atoms with E-state index in [4.69, 9.17) is 0 Å². The maximum Gasteiger partial charge on any atom is 0.458 e. The molecule has 54 heteroatoms. The van der Waals surface area contributed by atoms with E-state index < -0.39 is 161 Å². The molecule has 9 nitrogen and oxygen atoms in total. The van der Waals surface area contributed by atoms with Gasteiger partial charge in [0.2, 0.25) is 17.5 Å². The molecule has 3 aliphatic rings. The summed E-state index contributed by atoms with van der Waals surface area (Å²) in [5.74, 6) is -134. The van der Waals surface area contributed by atoms with Gasteiger partial charge in [-0.1, -0.05) is 0 Å². The molecular formula is C27F45N3O6. The number of rotatable bonds is 21. The zero-order valence-corrected chi connectivity index (χ0v) is 34.3. The van der Waals surface area contributed by atoms with Crippen molar-refractivity contribution in [3.05, 3.63) is 17.5 Å². The van der Waals surface area contributed by atoms with Crippen molar-refractivity contribution in [3.8, 4) is 0 Å². The summed E-state index contributed by atoms with van der Waals surface area (Å²) in [7, 11) is 0. The maximum absolute atomic E-state index is 15.3. The molecule has 1 aromatic heterocycles. The number of alkyl halides is 45. The highest BCUT2D eigenvalue weighted by molar-refractivity contribution is 5.26. The van der Waals surface area contributed by atoms with Crippen LogP contribution in [0.1, 0.15) is 17.5 Å². The van der Waals surface area contributed by atoms with E-state index >= 15 is 26.3 Å². The highest BCUT2D eigenvalue weighted by atomic mass is 19.4. The lowest BCUT2D eigenvalue weighted by Gasteiger charge is -2.39. The van der Waals surface area contributed by atoms with Gasteiger partial charge in [-0.25, -0.2) is 15.0 Å².